The molecule has 4 N–H and O–H groups in total. The van der Waals surface area contributed by atoms with Crippen LogP contribution in [0.3, 0.4) is 0 Å². The molecule has 138 valence electrons. The van der Waals surface area contributed by atoms with E-state index in [1.165, 1.54) is 12.1 Å². The molecule has 0 saturated carbocycles. The molecule has 0 aliphatic heterocycles. The number of nitrogens with one attached hydrogen (secondary N) is 2. The Bertz CT molecular complexity index is 844. The summed E-state index contributed by atoms with van der Waals surface area (Å²) in [6.45, 7) is 3.05. The fourth-order valence-corrected chi connectivity index (χ4v) is 2.31. The van der Waals surface area contributed by atoms with Gasteiger partial charge in [0.2, 0.25) is 5.91 Å². The number of rotatable bonds is 7. The zero-order chi connectivity index (χ0) is 19.3. The number of aryl methyl sites for hydroxylation is 2. The second-order valence-electron chi connectivity index (χ2n) is 5.64. The number of amides is 3. The highest BCUT2D eigenvalue weighted by molar-refractivity contribution is 5.96. The van der Waals surface area contributed by atoms with Crippen molar-refractivity contribution in [3.05, 3.63) is 41.2 Å². The summed E-state index contributed by atoms with van der Waals surface area (Å²) in [7, 11) is 1.78. The van der Waals surface area contributed by atoms with E-state index < -0.39 is 11.8 Å². The van der Waals surface area contributed by atoms with Crippen molar-refractivity contribution in [3.8, 4) is 5.75 Å². The SMILES string of the molecule is Cc1nn(C)c(C)c1NC(=O)CNC(=O)COc1ccccc1C(N)=O. The highest BCUT2D eigenvalue weighted by Gasteiger charge is 2.14. The standard InChI is InChI=1S/C17H21N5O4/c1-10-16(11(2)22(3)21-10)20-14(23)8-19-15(24)9-26-13-7-5-4-6-12(13)17(18)25/h4-7H,8-9H2,1-3H3,(H2,18,25)(H,19,24)(H,20,23). The lowest BCUT2D eigenvalue weighted by atomic mass is 10.2. The third kappa shape index (κ3) is 4.59. The van der Waals surface area contributed by atoms with Crippen LogP contribution in [-0.4, -0.2) is 40.7 Å². The van der Waals surface area contributed by atoms with Crippen LogP contribution < -0.4 is 21.1 Å². The molecule has 0 unspecified atom stereocenters. The van der Waals surface area contributed by atoms with Gasteiger partial charge in [0.05, 0.1) is 29.2 Å². The molecule has 0 saturated heterocycles. The molecule has 0 bridgehead atoms. The first-order valence-electron chi connectivity index (χ1n) is 7.88. The monoisotopic (exact) mass is 359 g/mol. The number of benzene rings is 1. The number of carbonyl (C=O) groups is 3. The van der Waals surface area contributed by atoms with Crippen LogP contribution in [0.25, 0.3) is 0 Å². The fraction of sp³-hybridized carbons (Fsp3) is 0.294. The van der Waals surface area contributed by atoms with E-state index in [-0.39, 0.29) is 30.4 Å². The third-order valence-corrected chi connectivity index (χ3v) is 3.73. The first-order chi connectivity index (χ1) is 12.3. The smallest absolute Gasteiger partial charge is 0.258 e. The van der Waals surface area contributed by atoms with Gasteiger partial charge in [-0.05, 0) is 26.0 Å². The van der Waals surface area contributed by atoms with Crippen molar-refractivity contribution >= 4 is 23.4 Å². The van der Waals surface area contributed by atoms with Gasteiger partial charge in [-0.2, -0.15) is 5.10 Å². The van der Waals surface area contributed by atoms with E-state index in [4.69, 9.17) is 10.5 Å². The summed E-state index contributed by atoms with van der Waals surface area (Å²) in [5.74, 6) is -1.32. The number of para-hydroxylation sites is 1. The minimum atomic E-state index is -0.650. The molecule has 0 radical (unpaired) electrons. The molecule has 1 heterocycles. The van der Waals surface area contributed by atoms with Crippen molar-refractivity contribution in [2.75, 3.05) is 18.5 Å². The largest absolute Gasteiger partial charge is 0.483 e. The van der Waals surface area contributed by atoms with E-state index in [0.29, 0.717) is 11.4 Å². The molecule has 2 rings (SSSR count). The van der Waals surface area contributed by atoms with E-state index in [1.54, 1.807) is 30.8 Å². The van der Waals surface area contributed by atoms with Crippen LogP contribution in [0.1, 0.15) is 21.7 Å². The lowest BCUT2D eigenvalue weighted by Gasteiger charge is -2.10. The van der Waals surface area contributed by atoms with Gasteiger partial charge in [-0.15, -0.1) is 0 Å². The van der Waals surface area contributed by atoms with Gasteiger partial charge in [0.15, 0.2) is 6.61 Å². The topological polar surface area (TPSA) is 128 Å². The molecule has 0 spiro atoms. The second kappa shape index (κ2) is 8.15. The maximum Gasteiger partial charge on any atom is 0.258 e. The Kier molecular flexibility index (Phi) is 5.94. The van der Waals surface area contributed by atoms with Gasteiger partial charge in [0.1, 0.15) is 5.75 Å². The van der Waals surface area contributed by atoms with Gasteiger partial charge in [0.25, 0.3) is 11.8 Å². The van der Waals surface area contributed by atoms with Crippen LogP contribution in [0.15, 0.2) is 24.3 Å². The normalized spacial score (nSPS) is 10.3. The van der Waals surface area contributed by atoms with Crippen LogP contribution in [0.2, 0.25) is 0 Å². The zero-order valence-corrected chi connectivity index (χ0v) is 14.8. The van der Waals surface area contributed by atoms with Crippen LogP contribution >= 0.6 is 0 Å². The molecule has 9 heteroatoms. The predicted molar refractivity (Wildman–Crippen MR) is 94.8 cm³/mol. The summed E-state index contributed by atoms with van der Waals surface area (Å²) in [4.78, 5) is 35.1. The van der Waals surface area contributed by atoms with E-state index in [9.17, 15) is 14.4 Å². The number of nitrogens with zero attached hydrogens (tertiary/aromatic N) is 2. The lowest BCUT2D eigenvalue weighted by Crippen LogP contribution is -2.36. The molecule has 9 nitrogen and oxygen atoms in total. The third-order valence-electron chi connectivity index (χ3n) is 3.73. The fourth-order valence-electron chi connectivity index (χ4n) is 2.31. The molecule has 0 atom stereocenters. The molecule has 2 aromatic rings. The highest BCUT2D eigenvalue weighted by Crippen LogP contribution is 2.18. The van der Waals surface area contributed by atoms with Gasteiger partial charge in [0, 0.05) is 7.05 Å². The Morgan fingerprint density at radius 3 is 2.50 bits per heavy atom. The number of hydrogen-bond acceptors (Lipinski definition) is 5. The lowest BCUT2D eigenvalue weighted by molar-refractivity contribution is -0.125. The van der Waals surface area contributed by atoms with Crippen LogP contribution in [-0.2, 0) is 16.6 Å². The van der Waals surface area contributed by atoms with Crippen molar-refractivity contribution in [1.82, 2.24) is 15.1 Å². The van der Waals surface area contributed by atoms with E-state index in [2.05, 4.69) is 15.7 Å². The Morgan fingerprint density at radius 1 is 1.19 bits per heavy atom. The molecule has 0 aliphatic carbocycles. The predicted octanol–water partition coefficient (Wildman–Crippen LogP) is 0.270. The molecule has 26 heavy (non-hydrogen) atoms. The first kappa shape index (κ1) is 19.0. The van der Waals surface area contributed by atoms with Crippen LogP contribution in [0.5, 0.6) is 5.75 Å². The number of anilines is 1. The number of aromatic nitrogens is 2. The number of primary amides is 1. The summed E-state index contributed by atoms with van der Waals surface area (Å²) in [6.07, 6.45) is 0. The van der Waals surface area contributed by atoms with Gasteiger partial charge >= 0.3 is 0 Å². The zero-order valence-electron chi connectivity index (χ0n) is 14.8. The second-order valence-corrected chi connectivity index (χ2v) is 5.64. The summed E-state index contributed by atoms with van der Waals surface area (Å²) in [6, 6.07) is 6.33. The quantitative estimate of drug-likeness (QED) is 0.654. The van der Waals surface area contributed by atoms with Crippen LogP contribution in [0, 0.1) is 13.8 Å². The van der Waals surface area contributed by atoms with Crippen molar-refractivity contribution in [2.24, 2.45) is 12.8 Å². The van der Waals surface area contributed by atoms with E-state index in [0.717, 1.165) is 5.69 Å². The average molecular weight is 359 g/mol. The van der Waals surface area contributed by atoms with Gasteiger partial charge in [-0.25, -0.2) is 0 Å². The highest BCUT2D eigenvalue weighted by atomic mass is 16.5. The summed E-state index contributed by atoms with van der Waals surface area (Å²) in [5, 5.41) is 9.36. The Hall–Kier alpha value is -3.36. The van der Waals surface area contributed by atoms with Gasteiger partial charge < -0.3 is 21.1 Å². The van der Waals surface area contributed by atoms with E-state index in [1.807, 2.05) is 6.92 Å². The van der Waals surface area contributed by atoms with Crippen molar-refractivity contribution < 1.29 is 19.1 Å². The molecule has 1 aromatic carbocycles. The average Bonchev–Trinajstić information content (AvgIpc) is 2.84. The Labute approximate surface area is 150 Å². The molecule has 1 aromatic heterocycles. The molecular formula is C17H21N5O4. The van der Waals surface area contributed by atoms with Crippen molar-refractivity contribution in [3.63, 3.8) is 0 Å². The molecule has 3 amide bonds. The summed E-state index contributed by atoms with van der Waals surface area (Å²) in [5.41, 5.74) is 7.55. The maximum atomic E-state index is 12.0. The van der Waals surface area contributed by atoms with E-state index >= 15 is 0 Å². The van der Waals surface area contributed by atoms with Crippen LogP contribution in [0.4, 0.5) is 5.69 Å². The van der Waals surface area contributed by atoms with Crippen molar-refractivity contribution in [1.29, 1.82) is 0 Å². The summed E-state index contributed by atoms with van der Waals surface area (Å²) < 4.78 is 6.95. The van der Waals surface area contributed by atoms with Gasteiger partial charge in [-0.1, -0.05) is 12.1 Å². The Balaban J connectivity index is 1.84. The molecule has 0 fully saturated rings. The Morgan fingerprint density at radius 2 is 1.88 bits per heavy atom. The molecule has 0 aliphatic rings. The number of ether oxygens (including phenoxy) is 1. The minimum Gasteiger partial charge on any atom is -0.483 e. The van der Waals surface area contributed by atoms with Crippen molar-refractivity contribution in [2.45, 2.75) is 13.8 Å². The number of hydrogen-bond donors (Lipinski definition) is 3. The number of carbonyl (C=O) groups excluding carboxylic acids is 3. The van der Waals surface area contributed by atoms with Gasteiger partial charge in [-0.3, -0.25) is 19.1 Å². The minimum absolute atomic E-state index is 0.181. The molecular weight excluding hydrogens is 338 g/mol. The maximum absolute atomic E-state index is 12.0. The number of nitrogens with two attached hydrogens (primary N) is 1. The summed E-state index contributed by atoms with van der Waals surface area (Å²) >= 11 is 0. The first-order valence-corrected chi connectivity index (χ1v) is 7.88.